The number of nitrogens with zero attached hydrogens (tertiary/aromatic N) is 2. The summed E-state index contributed by atoms with van der Waals surface area (Å²) in [5.41, 5.74) is 3.12. The maximum Gasteiger partial charge on any atom is 0.244 e. The molecule has 2 atom stereocenters. The summed E-state index contributed by atoms with van der Waals surface area (Å²) in [4.78, 5) is 29.1. The van der Waals surface area contributed by atoms with Gasteiger partial charge in [-0.05, 0) is 43.5 Å². The summed E-state index contributed by atoms with van der Waals surface area (Å²) in [5, 5.41) is 3.03. The molecular weight excluding hydrogens is 498 g/mol. The van der Waals surface area contributed by atoms with Crippen LogP contribution in [0.25, 0.3) is 0 Å². The Morgan fingerprint density at radius 1 is 0.868 bits per heavy atom. The molecule has 0 heterocycles. The summed E-state index contributed by atoms with van der Waals surface area (Å²) in [6.45, 7) is 5.55. The largest absolute Gasteiger partial charge is 0.352 e. The second kappa shape index (κ2) is 13.2. The van der Waals surface area contributed by atoms with Crippen molar-refractivity contribution in [3.63, 3.8) is 0 Å². The zero-order chi connectivity index (χ0) is 27.7. The number of aryl methyl sites for hydroxylation is 1. The Labute approximate surface area is 226 Å². The van der Waals surface area contributed by atoms with Crippen LogP contribution in [-0.2, 0) is 32.6 Å². The van der Waals surface area contributed by atoms with Crippen molar-refractivity contribution >= 4 is 27.5 Å². The third-order valence-corrected chi connectivity index (χ3v) is 7.61. The van der Waals surface area contributed by atoms with Gasteiger partial charge in [-0.2, -0.15) is 0 Å². The predicted molar refractivity (Wildman–Crippen MR) is 152 cm³/mol. The second-order valence-corrected chi connectivity index (χ2v) is 11.5. The van der Waals surface area contributed by atoms with Gasteiger partial charge in [-0.25, -0.2) is 8.42 Å². The maximum absolute atomic E-state index is 14.0. The molecule has 202 valence electrons. The molecule has 0 saturated heterocycles. The summed E-state index contributed by atoms with van der Waals surface area (Å²) in [6.07, 6.45) is 2.12. The topological polar surface area (TPSA) is 86.8 Å². The lowest BCUT2D eigenvalue weighted by atomic mass is 10.0. The van der Waals surface area contributed by atoms with Crippen LogP contribution in [0.5, 0.6) is 0 Å². The highest BCUT2D eigenvalue weighted by molar-refractivity contribution is 7.92. The zero-order valence-electron chi connectivity index (χ0n) is 22.5. The molecule has 0 aliphatic rings. The first-order valence-corrected chi connectivity index (χ1v) is 14.7. The molecule has 0 aliphatic heterocycles. The molecule has 0 bridgehead atoms. The number of hydrogen-bond donors (Lipinski definition) is 1. The van der Waals surface area contributed by atoms with Crippen LogP contribution in [-0.4, -0.2) is 50.0 Å². The van der Waals surface area contributed by atoms with Crippen molar-refractivity contribution in [1.82, 2.24) is 10.2 Å². The average molecular weight is 536 g/mol. The van der Waals surface area contributed by atoms with Crippen LogP contribution in [0.15, 0.2) is 84.9 Å². The van der Waals surface area contributed by atoms with Crippen LogP contribution in [0.2, 0.25) is 0 Å². The molecule has 0 aromatic heterocycles. The minimum Gasteiger partial charge on any atom is -0.352 e. The predicted octanol–water partition coefficient (Wildman–Crippen LogP) is 4.32. The number of hydrogen-bond acceptors (Lipinski definition) is 4. The highest BCUT2D eigenvalue weighted by atomic mass is 32.2. The Balaban J connectivity index is 2.03. The SMILES string of the molecule is CC[C@@H](C)NC(=O)[C@H](Cc1ccccc1)N(Cc1ccccc1)C(=O)CN(c1ccc(C)cc1)S(C)(=O)=O. The monoisotopic (exact) mass is 535 g/mol. The van der Waals surface area contributed by atoms with E-state index in [4.69, 9.17) is 0 Å². The quantitative estimate of drug-likeness (QED) is 0.374. The fourth-order valence-corrected chi connectivity index (χ4v) is 4.95. The van der Waals surface area contributed by atoms with Gasteiger partial charge in [0, 0.05) is 19.0 Å². The molecule has 0 fully saturated rings. The Kier molecular flexibility index (Phi) is 10.1. The summed E-state index contributed by atoms with van der Waals surface area (Å²) < 4.78 is 26.7. The van der Waals surface area contributed by atoms with Gasteiger partial charge in [0.1, 0.15) is 12.6 Å². The zero-order valence-corrected chi connectivity index (χ0v) is 23.3. The molecule has 0 saturated carbocycles. The fourth-order valence-electron chi connectivity index (χ4n) is 4.10. The number of anilines is 1. The first-order chi connectivity index (χ1) is 18.1. The van der Waals surface area contributed by atoms with E-state index in [-0.39, 0.29) is 18.5 Å². The van der Waals surface area contributed by atoms with Gasteiger partial charge in [0.25, 0.3) is 0 Å². The van der Waals surface area contributed by atoms with Crippen molar-refractivity contribution in [1.29, 1.82) is 0 Å². The van der Waals surface area contributed by atoms with Gasteiger partial charge in [0.2, 0.25) is 21.8 Å². The molecule has 8 heteroatoms. The lowest BCUT2D eigenvalue weighted by Gasteiger charge is -2.34. The minimum atomic E-state index is -3.77. The Morgan fingerprint density at radius 2 is 1.42 bits per heavy atom. The number of sulfonamides is 1. The number of carbonyl (C=O) groups excluding carboxylic acids is 2. The lowest BCUT2D eigenvalue weighted by Crippen LogP contribution is -2.54. The molecule has 3 aromatic rings. The molecule has 0 unspecified atom stereocenters. The van der Waals surface area contributed by atoms with Crippen molar-refractivity contribution < 1.29 is 18.0 Å². The van der Waals surface area contributed by atoms with Crippen LogP contribution in [0.1, 0.15) is 37.0 Å². The van der Waals surface area contributed by atoms with Gasteiger partial charge in [-0.1, -0.05) is 85.3 Å². The highest BCUT2D eigenvalue weighted by Gasteiger charge is 2.33. The Bertz CT molecular complexity index is 1300. The van der Waals surface area contributed by atoms with E-state index in [9.17, 15) is 18.0 Å². The molecule has 0 spiro atoms. The number of benzene rings is 3. The van der Waals surface area contributed by atoms with E-state index in [2.05, 4.69) is 5.32 Å². The molecule has 38 heavy (non-hydrogen) atoms. The standard InChI is InChI=1S/C30H37N3O4S/c1-5-24(3)31-30(35)28(20-25-12-8-6-9-13-25)32(21-26-14-10-7-11-15-26)29(34)22-33(38(4,36)37)27-18-16-23(2)17-19-27/h6-19,24,28H,5,20-22H2,1-4H3,(H,31,35)/t24-,28+/m1/s1. The third kappa shape index (κ3) is 8.18. The summed E-state index contributed by atoms with van der Waals surface area (Å²) in [6, 6.07) is 25.0. The van der Waals surface area contributed by atoms with Crippen molar-refractivity contribution in [2.24, 2.45) is 0 Å². The van der Waals surface area contributed by atoms with Crippen molar-refractivity contribution in [3.05, 3.63) is 102 Å². The van der Waals surface area contributed by atoms with Gasteiger partial charge in [-0.3, -0.25) is 13.9 Å². The number of carbonyl (C=O) groups is 2. The van der Waals surface area contributed by atoms with Gasteiger partial charge >= 0.3 is 0 Å². The molecule has 0 radical (unpaired) electrons. The maximum atomic E-state index is 14.0. The van der Waals surface area contributed by atoms with E-state index in [1.807, 2.05) is 81.4 Å². The summed E-state index contributed by atoms with van der Waals surface area (Å²) >= 11 is 0. The first kappa shape index (κ1) is 28.9. The van der Waals surface area contributed by atoms with Crippen LogP contribution in [0.3, 0.4) is 0 Å². The molecule has 3 rings (SSSR count). The van der Waals surface area contributed by atoms with Crippen molar-refractivity contribution in [3.8, 4) is 0 Å². The second-order valence-electron chi connectivity index (χ2n) is 9.64. The molecule has 7 nitrogen and oxygen atoms in total. The van der Waals surface area contributed by atoms with Crippen molar-refractivity contribution in [2.75, 3.05) is 17.1 Å². The molecule has 2 amide bonds. The minimum absolute atomic E-state index is 0.0745. The third-order valence-electron chi connectivity index (χ3n) is 6.47. The molecular formula is C30H37N3O4S. The molecule has 1 N–H and O–H groups in total. The summed E-state index contributed by atoms with van der Waals surface area (Å²) in [7, 11) is -3.77. The lowest BCUT2D eigenvalue weighted by molar-refractivity contribution is -0.140. The number of rotatable bonds is 12. The Hall–Kier alpha value is -3.65. The number of amides is 2. The highest BCUT2D eigenvalue weighted by Crippen LogP contribution is 2.21. The van der Waals surface area contributed by atoms with Crippen LogP contribution in [0, 0.1) is 6.92 Å². The average Bonchev–Trinajstić information content (AvgIpc) is 2.90. The number of nitrogens with one attached hydrogen (secondary N) is 1. The van der Waals surface area contributed by atoms with Gasteiger partial charge in [-0.15, -0.1) is 0 Å². The Morgan fingerprint density at radius 3 is 1.95 bits per heavy atom. The molecule has 3 aromatic carbocycles. The molecule has 0 aliphatic carbocycles. The van der Waals surface area contributed by atoms with Gasteiger partial charge in [0.05, 0.1) is 11.9 Å². The van der Waals surface area contributed by atoms with Crippen LogP contribution >= 0.6 is 0 Å². The van der Waals surface area contributed by atoms with Gasteiger partial charge < -0.3 is 10.2 Å². The van der Waals surface area contributed by atoms with E-state index >= 15 is 0 Å². The van der Waals surface area contributed by atoms with E-state index in [0.717, 1.165) is 33.7 Å². The van der Waals surface area contributed by atoms with Crippen LogP contribution < -0.4 is 9.62 Å². The first-order valence-electron chi connectivity index (χ1n) is 12.8. The van der Waals surface area contributed by atoms with Gasteiger partial charge in [0.15, 0.2) is 0 Å². The smallest absolute Gasteiger partial charge is 0.244 e. The van der Waals surface area contributed by atoms with E-state index in [0.29, 0.717) is 12.1 Å². The normalized spacial score (nSPS) is 12.8. The van der Waals surface area contributed by atoms with Crippen molar-refractivity contribution in [2.45, 2.75) is 52.2 Å². The van der Waals surface area contributed by atoms with E-state index in [1.54, 1.807) is 24.3 Å². The summed E-state index contributed by atoms with van der Waals surface area (Å²) in [5.74, 6) is -0.728. The van der Waals surface area contributed by atoms with Crippen LogP contribution in [0.4, 0.5) is 5.69 Å². The van der Waals surface area contributed by atoms with E-state index in [1.165, 1.54) is 4.90 Å². The van der Waals surface area contributed by atoms with E-state index < -0.39 is 28.5 Å². The fraction of sp³-hybridized carbons (Fsp3) is 0.333.